The normalized spacial score (nSPS) is 10.6. The largest absolute Gasteiger partial charge is 0.497 e. The molecule has 156 valence electrons. The molecule has 0 aliphatic rings. The van der Waals surface area contributed by atoms with Gasteiger partial charge >= 0.3 is 0 Å². The molecule has 0 unspecified atom stereocenters. The van der Waals surface area contributed by atoms with Crippen LogP contribution in [0.4, 0.5) is 0 Å². The minimum Gasteiger partial charge on any atom is -0.497 e. The molecule has 8 nitrogen and oxygen atoms in total. The van der Waals surface area contributed by atoms with Crippen LogP contribution in [0, 0.1) is 0 Å². The first-order chi connectivity index (χ1) is 14.4. The molecule has 0 saturated heterocycles. The van der Waals surface area contributed by atoms with Crippen molar-refractivity contribution in [3.8, 4) is 5.75 Å². The number of aromatic nitrogens is 2. The average Bonchev–Trinajstić information content (AvgIpc) is 2.75. The molecule has 0 saturated carbocycles. The van der Waals surface area contributed by atoms with Crippen LogP contribution in [-0.4, -0.2) is 46.9 Å². The van der Waals surface area contributed by atoms with E-state index in [0.29, 0.717) is 39.6 Å². The zero-order chi connectivity index (χ0) is 21.7. The van der Waals surface area contributed by atoms with Crippen molar-refractivity contribution in [1.82, 2.24) is 20.2 Å². The summed E-state index contributed by atoms with van der Waals surface area (Å²) < 4.78 is 5.10. The number of carbonyl (C=O) groups is 2. The molecule has 0 bridgehead atoms. The lowest BCUT2D eigenvalue weighted by atomic mass is 10.2. The molecule has 0 aliphatic carbocycles. The Kier molecular flexibility index (Phi) is 6.68. The second-order valence-corrected chi connectivity index (χ2v) is 6.93. The van der Waals surface area contributed by atoms with Crippen molar-refractivity contribution >= 4 is 34.3 Å². The number of rotatable bonds is 7. The van der Waals surface area contributed by atoms with Crippen LogP contribution < -0.4 is 15.6 Å². The molecule has 2 amide bonds. The molecule has 0 radical (unpaired) electrons. The van der Waals surface area contributed by atoms with Gasteiger partial charge in [0.2, 0.25) is 5.91 Å². The van der Waals surface area contributed by atoms with E-state index in [4.69, 9.17) is 16.3 Å². The van der Waals surface area contributed by atoms with Crippen LogP contribution in [0.25, 0.3) is 10.9 Å². The number of H-pyrrole nitrogens is 1. The predicted molar refractivity (Wildman–Crippen MR) is 114 cm³/mol. The van der Waals surface area contributed by atoms with E-state index in [2.05, 4.69) is 15.3 Å². The molecule has 0 atom stereocenters. The zero-order valence-electron chi connectivity index (χ0n) is 16.6. The lowest BCUT2D eigenvalue weighted by Crippen LogP contribution is -2.40. The number of halogens is 1. The average molecular weight is 429 g/mol. The number of methoxy groups -OCH3 is 1. The van der Waals surface area contributed by atoms with Crippen molar-refractivity contribution in [1.29, 1.82) is 0 Å². The summed E-state index contributed by atoms with van der Waals surface area (Å²) in [5, 5.41) is 3.49. The van der Waals surface area contributed by atoms with Crippen LogP contribution in [0.5, 0.6) is 5.75 Å². The fraction of sp³-hybridized carbons (Fsp3) is 0.238. The van der Waals surface area contributed by atoms with Crippen LogP contribution in [0.2, 0.25) is 5.02 Å². The van der Waals surface area contributed by atoms with Gasteiger partial charge in [-0.1, -0.05) is 17.7 Å². The Morgan fingerprint density at radius 2 is 2.03 bits per heavy atom. The van der Waals surface area contributed by atoms with E-state index in [-0.39, 0.29) is 30.5 Å². The minimum absolute atomic E-state index is 0.0993. The van der Waals surface area contributed by atoms with Gasteiger partial charge in [0.05, 0.1) is 31.1 Å². The molecule has 3 aromatic rings. The van der Waals surface area contributed by atoms with Gasteiger partial charge < -0.3 is 19.9 Å². The van der Waals surface area contributed by atoms with Crippen LogP contribution >= 0.6 is 11.6 Å². The third-order valence-corrected chi connectivity index (χ3v) is 4.76. The van der Waals surface area contributed by atoms with Gasteiger partial charge in [0, 0.05) is 17.1 Å². The van der Waals surface area contributed by atoms with Gasteiger partial charge in [0.15, 0.2) is 0 Å². The highest BCUT2D eigenvalue weighted by Gasteiger charge is 2.16. The molecule has 1 aromatic heterocycles. The molecule has 9 heteroatoms. The molecule has 2 N–H and O–H groups in total. The second kappa shape index (κ2) is 9.41. The number of likely N-dealkylation sites (N-methyl/N-ethyl adjacent to an activating group) is 1. The third-order valence-electron chi connectivity index (χ3n) is 4.52. The maximum absolute atomic E-state index is 12.6. The Labute approximate surface area is 177 Å². The molecule has 0 aliphatic heterocycles. The molecule has 0 fully saturated rings. The van der Waals surface area contributed by atoms with Gasteiger partial charge in [0.1, 0.15) is 11.6 Å². The smallest absolute Gasteiger partial charge is 0.258 e. The van der Waals surface area contributed by atoms with Gasteiger partial charge in [-0.3, -0.25) is 14.4 Å². The van der Waals surface area contributed by atoms with Crippen LogP contribution in [-0.2, 0) is 11.3 Å². The van der Waals surface area contributed by atoms with Crippen molar-refractivity contribution in [2.24, 2.45) is 0 Å². The standard InChI is InChI=1S/C21H21ClN4O4/c1-3-26(12-18-24-17-10-14(22)7-8-16(17)21(29)25-18)19(27)11-23-20(28)13-5-4-6-15(9-13)30-2/h4-10H,3,11-12H2,1-2H3,(H,23,28)(H,24,25,29). The number of fused-ring (bicyclic) bond motifs is 1. The van der Waals surface area contributed by atoms with Gasteiger partial charge in [-0.15, -0.1) is 0 Å². The summed E-state index contributed by atoms with van der Waals surface area (Å²) in [5.74, 6) is 0.201. The Balaban J connectivity index is 1.68. The highest BCUT2D eigenvalue weighted by Crippen LogP contribution is 2.15. The number of amides is 2. The zero-order valence-corrected chi connectivity index (χ0v) is 17.3. The van der Waals surface area contributed by atoms with E-state index in [1.54, 1.807) is 49.4 Å². The summed E-state index contributed by atoms with van der Waals surface area (Å²) in [5.41, 5.74) is 0.542. The topological polar surface area (TPSA) is 104 Å². The number of aromatic amines is 1. The van der Waals surface area contributed by atoms with Crippen molar-refractivity contribution in [2.75, 3.05) is 20.2 Å². The first-order valence-electron chi connectivity index (χ1n) is 9.29. The molecular formula is C21H21ClN4O4. The number of ether oxygens (including phenoxy) is 1. The lowest BCUT2D eigenvalue weighted by Gasteiger charge is -2.20. The number of benzene rings is 2. The first kappa shape index (κ1) is 21.3. The molecule has 30 heavy (non-hydrogen) atoms. The summed E-state index contributed by atoms with van der Waals surface area (Å²) in [7, 11) is 1.51. The number of hydrogen-bond donors (Lipinski definition) is 2. The van der Waals surface area contributed by atoms with E-state index in [9.17, 15) is 14.4 Å². The van der Waals surface area contributed by atoms with Crippen molar-refractivity contribution in [3.05, 3.63) is 69.2 Å². The molecule has 0 spiro atoms. The summed E-state index contributed by atoms with van der Waals surface area (Å²) in [6.07, 6.45) is 0. The fourth-order valence-electron chi connectivity index (χ4n) is 2.93. The Morgan fingerprint density at radius 3 is 2.77 bits per heavy atom. The maximum atomic E-state index is 12.6. The summed E-state index contributed by atoms with van der Waals surface area (Å²) in [4.78, 5) is 45.7. The maximum Gasteiger partial charge on any atom is 0.258 e. The SMILES string of the molecule is CCN(Cc1nc2cc(Cl)ccc2c(=O)[nH]1)C(=O)CNC(=O)c1cccc(OC)c1. The first-order valence-corrected chi connectivity index (χ1v) is 9.67. The van der Waals surface area contributed by atoms with Crippen molar-refractivity contribution < 1.29 is 14.3 Å². The lowest BCUT2D eigenvalue weighted by molar-refractivity contribution is -0.130. The molecule has 1 heterocycles. The van der Waals surface area contributed by atoms with Crippen LogP contribution in [0.1, 0.15) is 23.1 Å². The van der Waals surface area contributed by atoms with Crippen LogP contribution in [0.3, 0.4) is 0 Å². The molecule has 2 aromatic carbocycles. The van der Waals surface area contributed by atoms with Gasteiger partial charge in [0.25, 0.3) is 11.5 Å². The van der Waals surface area contributed by atoms with Crippen molar-refractivity contribution in [3.63, 3.8) is 0 Å². The predicted octanol–water partition coefficient (Wildman–Crippen LogP) is 2.36. The van der Waals surface area contributed by atoms with E-state index in [1.807, 2.05) is 0 Å². The van der Waals surface area contributed by atoms with Crippen molar-refractivity contribution in [2.45, 2.75) is 13.5 Å². The van der Waals surface area contributed by atoms with E-state index in [1.165, 1.54) is 12.0 Å². The van der Waals surface area contributed by atoms with Gasteiger partial charge in [-0.25, -0.2) is 4.98 Å². The fourth-order valence-corrected chi connectivity index (χ4v) is 3.09. The summed E-state index contributed by atoms with van der Waals surface area (Å²) >= 11 is 5.98. The van der Waals surface area contributed by atoms with E-state index in [0.717, 1.165) is 0 Å². The number of carbonyl (C=O) groups excluding carboxylic acids is 2. The Hall–Kier alpha value is -3.39. The molecular weight excluding hydrogens is 408 g/mol. The minimum atomic E-state index is -0.384. The Morgan fingerprint density at radius 1 is 1.23 bits per heavy atom. The van der Waals surface area contributed by atoms with E-state index < -0.39 is 0 Å². The summed E-state index contributed by atoms with van der Waals surface area (Å²) in [6.45, 7) is 2.10. The second-order valence-electron chi connectivity index (χ2n) is 6.50. The highest BCUT2D eigenvalue weighted by molar-refractivity contribution is 6.31. The summed E-state index contributed by atoms with van der Waals surface area (Å²) in [6, 6.07) is 11.5. The monoisotopic (exact) mass is 428 g/mol. The number of nitrogens with one attached hydrogen (secondary N) is 2. The number of nitrogens with zero attached hydrogens (tertiary/aromatic N) is 2. The van der Waals surface area contributed by atoms with Gasteiger partial charge in [-0.2, -0.15) is 0 Å². The third kappa shape index (κ3) is 4.96. The highest BCUT2D eigenvalue weighted by atomic mass is 35.5. The quantitative estimate of drug-likeness (QED) is 0.601. The Bertz CT molecular complexity index is 1150. The van der Waals surface area contributed by atoms with Gasteiger partial charge in [-0.05, 0) is 43.3 Å². The molecule has 3 rings (SSSR count). The number of hydrogen-bond acceptors (Lipinski definition) is 5. The van der Waals surface area contributed by atoms with Crippen LogP contribution in [0.15, 0.2) is 47.3 Å². The van der Waals surface area contributed by atoms with E-state index >= 15 is 0 Å².